The van der Waals surface area contributed by atoms with Crippen molar-refractivity contribution in [3.63, 3.8) is 0 Å². The molecule has 3 nitrogen and oxygen atoms in total. The lowest BCUT2D eigenvalue weighted by atomic mass is 10.0. The van der Waals surface area contributed by atoms with Crippen LogP contribution in [-0.4, -0.2) is 19.0 Å². The Morgan fingerprint density at radius 3 is 3.12 bits per heavy atom. The van der Waals surface area contributed by atoms with E-state index in [1.807, 2.05) is 12.1 Å². The quantitative estimate of drug-likeness (QED) is 0.828. The summed E-state index contributed by atoms with van der Waals surface area (Å²) in [6.45, 7) is 4.74. The van der Waals surface area contributed by atoms with Crippen LogP contribution in [0.2, 0.25) is 0 Å². The van der Waals surface area contributed by atoms with Gasteiger partial charge in [0.15, 0.2) is 0 Å². The Morgan fingerprint density at radius 2 is 2.41 bits per heavy atom. The smallest absolute Gasteiger partial charge is 0.220 e. The molecule has 3 heteroatoms. The molecule has 1 aromatic carbocycles. The molecule has 0 saturated carbocycles. The van der Waals surface area contributed by atoms with E-state index in [9.17, 15) is 4.79 Å². The Hall–Kier alpha value is -1.35. The first-order chi connectivity index (χ1) is 8.24. The van der Waals surface area contributed by atoms with Crippen molar-refractivity contribution in [1.29, 1.82) is 0 Å². The number of hydrogen-bond acceptors (Lipinski definition) is 2. The summed E-state index contributed by atoms with van der Waals surface area (Å²) in [7, 11) is 0. The molecule has 0 spiro atoms. The Balaban J connectivity index is 1.75. The van der Waals surface area contributed by atoms with Gasteiger partial charge in [-0.05, 0) is 37.9 Å². The maximum absolute atomic E-state index is 11.7. The number of amides is 1. The van der Waals surface area contributed by atoms with E-state index < -0.39 is 0 Å². The van der Waals surface area contributed by atoms with Gasteiger partial charge in [0.05, 0.1) is 0 Å². The molecule has 2 rings (SSSR count). The molecule has 1 fully saturated rings. The summed E-state index contributed by atoms with van der Waals surface area (Å²) in [5.74, 6) is 0.688. The van der Waals surface area contributed by atoms with Gasteiger partial charge in [0, 0.05) is 13.0 Å². The molecule has 1 aliphatic heterocycles. The molecule has 1 saturated heterocycles. The van der Waals surface area contributed by atoms with E-state index in [0.29, 0.717) is 18.9 Å². The van der Waals surface area contributed by atoms with Crippen LogP contribution in [0, 0.1) is 12.8 Å². The lowest BCUT2D eigenvalue weighted by Gasteiger charge is -2.09. The summed E-state index contributed by atoms with van der Waals surface area (Å²) in [6, 6.07) is 8.25. The second-order valence-corrected chi connectivity index (χ2v) is 4.83. The first-order valence-corrected chi connectivity index (χ1v) is 6.27. The number of nitrogens with one attached hydrogen (secondary N) is 2. The number of benzene rings is 1. The van der Waals surface area contributed by atoms with Gasteiger partial charge in [0.2, 0.25) is 5.91 Å². The normalized spacial score (nSPS) is 19.2. The van der Waals surface area contributed by atoms with E-state index in [1.54, 1.807) is 0 Å². The molecule has 1 aliphatic rings. The molecule has 1 heterocycles. The lowest BCUT2D eigenvalue weighted by molar-refractivity contribution is -0.122. The van der Waals surface area contributed by atoms with Crippen LogP contribution in [0.5, 0.6) is 0 Å². The van der Waals surface area contributed by atoms with Crippen molar-refractivity contribution in [2.45, 2.75) is 26.3 Å². The van der Waals surface area contributed by atoms with Crippen LogP contribution in [-0.2, 0) is 11.3 Å². The summed E-state index contributed by atoms with van der Waals surface area (Å²) in [5.41, 5.74) is 2.40. The number of aryl methyl sites for hydroxylation is 1. The average molecular weight is 232 g/mol. The molecule has 1 amide bonds. The van der Waals surface area contributed by atoms with Gasteiger partial charge in [0.1, 0.15) is 0 Å². The molecule has 17 heavy (non-hydrogen) atoms. The van der Waals surface area contributed by atoms with E-state index >= 15 is 0 Å². The van der Waals surface area contributed by atoms with Crippen LogP contribution in [0.3, 0.4) is 0 Å². The van der Waals surface area contributed by atoms with Gasteiger partial charge in [-0.1, -0.05) is 29.8 Å². The third kappa shape index (κ3) is 3.86. The SMILES string of the molecule is Cc1cccc(CNC(=O)CC2CCNC2)c1. The minimum atomic E-state index is 0.167. The molecule has 1 unspecified atom stereocenters. The number of hydrogen-bond donors (Lipinski definition) is 2. The van der Waals surface area contributed by atoms with Crippen molar-refractivity contribution in [1.82, 2.24) is 10.6 Å². The Labute approximate surface area is 103 Å². The largest absolute Gasteiger partial charge is 0.352 e. The van der Waals surface area contributed by atoms with Crippen molar-refractivity contribution in [2.24, 2.45) is 5.92 Å². The van der Waals surface area contributed by atoms with Crippen molar-refractivity contribution in [3.8, 4) is 0 Å². The summed E-state index contributed by atoms with van der Waals surface area (Å²) in [4.78, 5) is 11.7. The second-order valence-electron chi connectivity index (χ2n) is 4.83. The van der Waals surface area contributed by atoms with Crippen LogP contribution in [0.15, 0.2) is 24.3 Å². The monoisotopic (exact) mass is 232 g/mol. The third-order valence-electron chi connectivity index (χ3n) is 3.21. The van der Waals surface area contributed by atoms with Crippen molar-refractivity contribution in [2.75, 3.05) is 13.1 Å². The second kappa shape index (κ2) is 5.82. The molecule has 0 aromatic heterocycles. The number of carbonyl (C=O) groups excluding carboxylic acids is 1. The Kier molecular flexibility index (Phi) is 4.15. The van der Waals surface area contributed by atoms with Gasteiger partial charge in [-0.15, -0.1) is 0 Å². The first-order valence-electron chi connectivity index (χ1n) is 6.27. The van der Waals surface area contributed by atoms with Gasteiger partial charge < -0.3 is 10.6 Å². The summed E-state index contributed by atoms with van der Waals surface area (Å²) >= 11 is 0. The fourth-order valence-electron chi connectivity index (χ4n) is 2.25. The van der Waals surface area contributed by atoms with Crippen LogP contribution >= 0.6 is 0 Å². The van der Waals surface area contributed by atoms with Gasteiger partial charge in [-0.3, -0.25) is 4.79 Å². The number of carbonyl (C=O) groups is 1. The molecule has 92 valence electrons. The lowest BCUT2D eigenvalue weighted by Crippen LogP contribution is -2.25. The highest BCUT2D eigenvalue weighted by Crippen LogP contribution is 2.11. The molecular weight excluding hydrogens is 212 g/mol. The van der Waals surface area contributed by atoms with E-state index in [0.717, 1.165) is 19.5 Å². The van der Waals surface area contributed by atoms with E-state index in [2.05, 4.69) is 29.7 Å². The minimum absolute atomic E-state index is 0.167. The molecule has 1 atom stereocenters. The standard InChI is InChI=1S/C14H20N2O/c1-11-3-2-4-12(7-11)10-16-14(17)8-13-5-6-15-9-13/h2-4,7,13,15H,5-6,8-10H2,1H3,(H,16,17). The highest BCUT2D eigenvalue weighted by molar-refractivity contribution is 5.76. The van der Waals surface area contributed by atoms with E-state index in [4.69, 9.17) is 0 Å². The van der Waals surface area contributed by atoms with Crippen LogP contribution in [0.25, 0.3) is 0 Å². The third-order valence-corrected chi connectivity index (χ3v) is 3.21. The molecule has 1 aromatic rings. The van der Waals surface area contributed by atoms with Gasteiger partial charge >= 0.3 is 0 Å². The fourth-order valence-corrected chi connectivity index (χ4v) is 2.25. The molecule has 0 aliphatic carbocycles. The molecule has 2 N–H and O–H groups in total. The average Bonchev–Trinajstić information content (AvgIpc) is 2.79. The minimum Gasteiger partial charge on any atom is -0.352 e. The molecular formula is C14H20N2O. The zero-order valence-corrected chi connectivity index (χ0v) is 10.3. The zero-order chi connectivity index (χ0) is 12.1. The van der Waals surface area contributed by atoms with E-state index in [-0.39, 0.29) is 5.91 Å². The molecule has 0 radical (unpaired) electrons. The first kappa shape index (κ1) is 12.1. The van der Waals surface area contributed by atoms with Gasteiger partial charge in [-0.25, -0.2) is 0 Å². The topological polar surface area (TPSA) is 41.1 Å². The summed E-state index contributed by atoms with van der Waals surface area (Å²) in [5, 5.41) is 6.27. The van der Waals surface area contributed by atoms with Gasteiger partial charge in [-0.2, -0.15) is 0 Å². The van der Waals surface area contributed by atoms with Crippen LogP contribution < -0.4 is 10.6 Å². The van der Waals surface area contributed by atoms with Crippen molar-refractivity contribution < 1.29 is 4.79 Å². The maximum atomic E-state index is 11.7. The fraction of sp³-hybridized carbons (Fsp3) is 0.500. The maximum Gasteiger partial charge on any atom is 0.220 e. The highest BCUT2D eigenvalue weighted by Gasteiger charge is 2.17. The van der Waals surface area contributed by atoms with Gasteiger partial charge in [0.25, 0.3) is 0 Å². The highest BCUT2D eigenvalue weighted by atomic mass is 16.1. The van der Waals surface area contributed by atoms with Crippen LogP contribution in [0.4, 0.5) is 0 Å². The predicted molar refractivity (Wildman–Crippen MR) is 68.6 cm³/mol. The Bertz CT molecular complexity index is 384. The summed E-state index contributed by atoms with van der Waals surface area (Å²) in [6.07, 6.45) is 1.77. The van der Waals surface area contributed by atoms with E-state index in [1.165, 1.54) is 11.1 Å². The predicted octanol–water partition coefficient (Wildman–Crippen LogP) is 1.61. The Morgan fingerprint density at radius 1 is 1.53 bits per heavy atom. The summed E-state index contributed by atoms with van der Waals surface area (Å²) < 4.78 is 0. The van der Waals surface area contributed by atoms with Crippen molar-refractivity contribution >= 4 is 5.91 Å². The number of rotatable bonds is 4. The van der Waals surface area contributed by atoms with Crippen LogP contribution in [0.1, 0.15) is 24.0 Å². The zero-order valence-electron chi connectivity index (χ0n) is 10.3. The molecule has 0 bridgehead atoms. The van der Waals surface area contributed by atoms with Crippen molar-refractivity contribution in [3.05, 3.63) is 35.4 Å².